The van der Waals surface area contributed by atoms with Crippen molar-refractivity contribution in [1.82, 2.24) is 20.8 Å². The number of carbonyl (C=O) groups is 3. The van der Waals surface area contributed by atoms with Crippen LogP contribution in [0.5, 0.6) is 0 Å². The SMILES string of the molecule is O=C(O)NCCONC(=O)[C@@H]1CCC2CN1C(=O)N2O. The summed E-state index contributed by atoms with van der Waals surface area (Å²) >= 11 is 0. The van der Waals surface area contributed by atoms with E-state index in [1.165, 1.54) is 4.90 Å². The topological polar surface area (TPSA) is 131 Å². The number of nitrogens with zero attached hydrogens (tertiary/aromatic N) is 2. The molecule has 0 aromatic rings. The smallest absolute Gasteiger partial charge is 0.404 e. The lowest BCUT2D eigenvalue weighted by molar-refractivity contribution is -0.138. The molecule has 10 nitrogen and oxygen atoms in total. The van der Waals surface area contributed by atoms with E-state index < -0.39 is 24.1 Å². The zero-order valence-corrected chi connectivity index (χ0v) is 10.6. The molecule has 0 saturated carbocycles. The summed E-state index contributed by atoms with van der Waals surface area (Å²) in [6.07, 6.45) is -0.197. The summed E-state index contributed by atoms with van der Waals surface area (Å²) in [7, 11) is 0. The number of hydrogen-bond acceptors (Lipinski definition) is 5. The summed E-state index contributed by atoms with van der Waals surface area (Å²) in [5.74, 6) is -0.484. The Kier molecular flexibility index (Phi) is 4.25. The molecule has 20 heavy (non-hydrogen) atoms. The molecule has 0 spiro atoms. The molecule has 1 unspecified atom stereocenters. The third-order valence-corrected chi connectivity index (χ3v) is 3.30. The molecule has 2 heterocycles. The van der Waals surface area contributed by atoms with Gasteiger partial charge in [0.2, 0.25) is 0 Å². The first-order chi connectivity index (χ1) is 9.50. The van der Waals surface area contributed by atoms with Crippen molar-refractivity contribution in [1.29, 1.82) is 0 Å². The highest BCUT2D eigenvalue weighted by Gasteiger charge is 2.46. The number of piperidine rings is 1. The fourth-order valence-electron chi connectivity index (χ4n) is 2.32. The molecular weight excluding hydrogens is 272 g/mol. The van der Waals surface area contributed by atoms with Crippen molar-refractivity contribution in [3.8, 4) is 0 Å². The lowest BCUT2D eigenvalue weighted by Gasteiger charge is -2.28. The molecule has 2 rings (SSSR count). The van der Waals surface area contributed by atoms with Gasteiger partial charge in [0.1, 0.15) is 6.04 Å². The minimum atomic E-state index is -1.18. The quantitative estimate of drug-likeness (QED) is 0.290. The number of fused-ring (bicyclic) bond motifs is 2. The number of hydroxylamine groups is 3. The van der Waals surface area contributed by atoms with Crippen LogP contribution in [-0.4, -0.2) is 70.1 Å². The van der Waals surface area contributed by atoms with Gasteiger partial charge in [-0.15, -0.1) is 0 Å². The second-order valence-corrected chi connectivity index (χ2v) is 4.57. The van der Waals surface area contributed by atoms with Crippen LogP contribution in [0, 0.1) is 0 Å². The molecule has 0 radical (unpaired) electrons. The molecule has 2 atom stereocenters. The number of hydrogen-bond donors (Lipinski definition) is 4. The molecule has 2 saturated heterocycles. The Labute approximate surface area is 114 Å². The molecule has 0 aliphatic carbocycles. The van der Waals surface area contributed by atoms with Crippen LogP contribution in [0.15, 0.2) is 0 Å². The zero-order valence-electron chi connectivity index (χ0n) is 10.6. The van der Waals surface area contributed by atoms with Crippen LogP contribution >= 0.6 is 0 Å². The average molecular weight is 288 g/mol. The van der Waals surface area contributed by atoms with Crippen LogP contribution in [0.1, 0.15) is 12.8 Å². The Bertz CT molecular complexity index is 417. The number of amides is 4. The summed E-state index contributed by atoms with van der Waals surface area (Å²) in [4.78, 5) is 39.8. The fourth-order valence-corrected chi connectivity index (χ4v) is 2.32. The van der Waals surface area contributed by atoms with Crippen molar-refractivity contribution in [3.05, 3.63) is 0 Å². The van der Waals surface area contributed by atoms with E-state index in [2.05, 4.69) is 10.8 Å². The van der Waals surface area contributed by atoms with Gasteiger partial charge in [-0.25, -0.2) is 20.1 Å². The Balaban J connectivity index is 1.76. The average Bonchev–Trinajstić information content (AvgIpc) is 2.63. The lowest BCUT2D eigenvalue weighted by Crippen LogP contribution is -2.50. The van der Waals surface area contributed by atoms with Gasteiger partial charge in [0.15, 0.2) is 0 Å². The minimum Gasteiger partial charge on any atom is -0.465 e. The van der Waals surface area contributed by atoms with Crippen LogP contribution in [0.3, 0.4) is 0 Å². The molecule has 4 N–H and O–H groups in total. The van der Waals surface area contributed by atoms with Gasteiger partial charge < -0.3 is 15.3 Å². The molecule has 4 amide bonds. The van der Waals surface area contributed by atoms with E-state index in [4.69, 9.17) is 9.94 Å². The van der Waals surface area contributed by atoms with Crippen LogP contribution in [0.25, 0.3) is 0 Å². The first-order valence-electron chi connectivity index (χ1n) is 6.18. The van der Waals surface area contributed by atoms with E-state index >= 15 is 0 Å². The highest BCUT2D eigenvalue weighted by atomic mass is 16.7. The van der Waals surface area contributed by atoms with Gasteiger partial charge in [-0.1, -0.05) is 0 Å². The van der Waals surface area contributed by atoms with Gasteiger partial charge in [0.05, 0.1) is 12.6 Å². The Morgan fingerprint density at radius 1 is 1.40 bits per heavy atom. The van der Waals surface area contributed by atoms with Crippen LogP contribution in [0.4, 0.5) is 9.59 Å². The Morgan fingerprint density at radius 2 is 2.15 bits per heavy atom. The normalized spacial score (nSPS) is 24.8. The van der Waals surface area contributed by atoms with Crippen LogP contribution < -0.4 is 10.8 Å². The van der Waals surface area contributed by atoms with Crippen molar-refractivity contribution in [2.45, 2.75) is 24.9 Å². The minimum absolute atomic E-state index is 0.0204. The second-order valence-electron chi connectivity index (χ2n) is 4.57. The molecule has 112 valence electrons. The van der Waals surface area contributed by atoms with Gasteiger partial charge in [-0.05, 0) is 12.8 Å². The second kappa shape index (κ2) is 5.92. The van der Waals surface area contributed by atoms with Crippen LogP contribution in [-0.2, 0) is 9.63 Å². The van der Waals surface area contributed by atoms with Crippen molar-refractivity contribution in [3.63, 3.8) is 0 Å². The van der Waals surface area contributed by atoms with E-state index in [9.17, 15) is 19.6 Å². The summed E-state index contributed by atoms with van der Waals surface area (Å²) in [5.41, 5.74) is 2.18. The van der Waals surface area contributed by atoms with E-state index in [0.29, 0.717) is 24.4 Å². The van der Waals surface area contributed by atoms with E-state index in [1.807, 2.05) is 0 Å². The summed E-state index contributed by atoms with van der Waals surface area (Å²) in [6.45, 7) is 0.330. The van der Waals surface area contributed by atoms with E-state index in [-0.39, 0.29) is 19.2 Å². The molecule has 0 aromatic carbocycles. The third-order valence-electron chi connectivity index (χ3n) is 3.30. The number of rotatable bonds is 5. The maximum atomic E-state index is 11.9. The standard InChI is InChI=1S/C10H16N4O6/c15-8(12-20-4-3-11-9(16)17)7-2-1-6-5-13(7)10(18)14(6)19/h6-7,11,19H,1-5H2,(H,12,15)(H,16,17)/t6?,7-/m0/s1. The first kappa shape index (κ1) is 14.3. The predicted octanol–water partition coefficient (Wildman–Crippen LogP) is -1.04. The summed E-state index contributed by atoms with van der Waals surface area (Å²) in [5, 5.41) is 20.5. The van der Waals surface area contributed by atoms with Gasteiger partial charge >= 0.3 is 12.1 Å². The maximum absolute atomic E-state index is 11.9. The molecule has 0 aromatic heterocycles. The predicted molar refractivity (Wildman–Crippen MR) is 62.7 cm³/mol. The van der Waals surface area contributed by atoms with E-state index in [0.717, 1.165) is 0 Å². The molecule has 2 fully saturated rings. The Hall–Kier alpha value is -2.07. The number of carboxylic acid groups (broad SMARTS) is 1. The van der Waals surface area contributed by atoms with Gasteiger partial charge in [0.25, 0.3) is 5.91 Å². The maximum Gasteiger partial charge on any atom is 0.404 e. The largest absolute Gasteiger partial charge is 0.465 e. The molecule has 10 heteroatoms. The molecule has 2 aliphatic rings. The van der Waals surface area contributed by atoms with Crippen molar-refractivity contribution >= 4 is 18.0 Å². The van der Waals surface area contributed by atoms with Gasteiger partial charge in [0, 0.05) is 13.1 Å². The molecular formula is C10H16N4O6. The molecule has 2 bridgehead atoms. The number of carbonyl (C=O) groups excluding carboxylic acids is 2. The summed E-state index contributed by atoms with van der Waals surface area (Å²) in [6, 6.07) is -1.52. The van der Waals surface area contributed by atoms with Crippen molar-refractivity contribution in [2.75, 3.05) is 19.7 Å². The van der Waals surface area contributed by atoms with Crippen LogP contribution in [0.2, 0.25) is 0 Å². The Morgan fingerprint density at radius 3 is 2.85 bits per heavy atom. The third kappa shape index (κ3) is 2.91. The van der Waals surface area contributed by atoms with E-state index in [1.54, 1.807) is 0 Å². The zero-order chi connectivity index (χ0) is 14.7. The fraction of sp³-hybridized carbons (Fsp3) is 0.700. The highest BCUT2D eigenvalue weighted by Crippen LogP contribution is 2.28. The first-order valence-corrected chi connectivity index (χ1v) is 6.18. The number of urea groups is 1. The monoisotopic (exact) mass is 288 g/mol. The van der Waals surface area contributed by atoms with Gasteiger partial charge in [-0.2, -0.15) is 0 Å². The van der Waals surface area contributed by atoms with Gasteiger partial charge in [-0.3, -0.25) is 14.8 Å². The number of nitrogens with one attached hydrogen (secondary N) is 2. The molecule has 2 aliphatic heterocycles. The lowest BCUT2D eigenvalue weighted by atomic mass is 10.0. The summed E-state index contributed by atoms with van der Waals surface area (Å²) < 4.78 is 0. The van der Waals surface area contributed by atoms with Crippen molar-refractivity contribution in [2.24, 2.45) is 0 Å². The highest BCUT2D eigenvalue weighted by molar-refractivity contribution is 5.87. The van der Waals surface area contributed by atoms with Crippen molar-refractivity contribution < 1.29 is 29.5 Å².